The lowest BCUT2D eigenvalue weighted by Crippen LogP contribution is -2.33. The van der Waals surface area contributed by atoms with E-state index in [-0.39, 0.29) is 12.0 Å². The molecule has 7 heteroatoms. The molecule has 1 aliphatic rings. The van der Waals surface area contributed by atoms with Gasteiger partial charge in [-0.15, -0.1) is 5.10 Å². The van der Waals surface area contributed by atoms with Crippen molar-refractivity contribution < 1.29 is 9.90 Å². The van der Waals surface area contributed by atoms with E-state index in [0.717, 1.165) is 36.9 Å². The average Bonchev–Trinajstić information content (AvgIpc) is 3.08. The Kier molecular flexibility index (Phi) is 4.97. The van der Waals surface area contributed by atoms with Crippen molar-refractivity contribution in [1.29, 1.82) is 0 Å². The number of aromatic nitrogens is 4. The van der Waals surface area contributed by atoms with Crippen LogP contribution in [0.4, 0.5) is 0 Å². The summed E-state index contributed by atoms with van der Waals surface area (Å²) in [4.78, 5) is 12.0. The summed E-state index contributed by atoms with van der Waals surface area (Å²) in [6, 6.07) is 7.58. The van der Waals surface area contributed by atoms with Gasteiger partial charge in [0.25, 0.3) is 0 Å². The highest BCUT2D eigenvalue weighted by atomic mass is 16.3. The molecule has 1 amide bonds. The molecule has 1 heterocycles. The number of carbonyl (C=O) groups excluding carboxylic acids is 1. The lowest BCUT2D eigenvalue weighted by molar-refractivity contribution is -0.120. The van der Waals surface area contributed by atoms with Crippen molar-refractivity contribution >= 4 is 5.91 Å². The lowest BCUT2D eigenvalue weighted by Gasteiger charge is -2.25. The highest BCUT2D eigenvalue weighted by Gasteiger charge is 2.20. The first-order valence-electron chi connectivity index (χ1n) is 7.98. The van der Waals surface area contributed by atoms with Crippen LogP contribution in [0.1, 0.15) is 31.2 Å². The number of amides is 1. The maximum Gasteiger partial charge on any atom is 0.224 e. The van der Waals surface area contributed by atoms with Gasteiger partial charge in [-0.25, -0.2) is 4.68 Å². The maximum absolute atomic E-state index is 12.0. The van der Waals surface area contributed by atoms with Crippen molar-refractivity contribution in [1.82, 2.24) is 25.5 Å². The van der Waals surface area contributed by atoms with E-state index >= 15 is 0 Å². The van der Waals surface area contributed by atoms with Gasteiger partial charge in [0.1, 0.15) is 6.33 Å². The first kappa shape index (κ1) is 15.6. The molecule has 23 heavy (non-hydrogen) atoms. The molecule has 0 saturated heterocycles. The second kappa shape index (κ2) is 7.32. The second-order valence-corrected chi connectivity index (χ2v) is 6.09. The van der Waals surface area contributed by atoms with E-state index in [2.05, 4.69) is 20.8 Å². The molecular formula is C16H21N5O2. The molecule has 2 unspecified atom stereocenters. The molecule has 2 atom stereocenters. The normalized spacial score (nSPS) is 21.1. The van der Waals surface area contributed by atoms with Crippen molar-refractivity contribution in [3.8, 4) is 5.69 Å². The minimum atomic E-state index is -0.204. The summed E-state index contributed by atoms with van der Waals surface area (Å²) in [5, 5.41) is 23.6. The van der Waals surface area contributed by atoms with E-state index in [1.165, 1.54) is 6.33 Å². The highest BCUT2D eigenvalue weighted by Crippen LogP contribution is 2.23. The molecule has 1 fully saturated rings. The van der Waals surface area contributed by atoms with Crippen LogP contribution >= 0.6 is 0 Å². The summed E-state index contributed by atoms with van der Waals surface area (Å²) >= 11 is 0. The predicted octanol–water partition coefficient (Wildman–Crippen LogP) is 0.872. The SMILES string of the molecule is O=C(Cc1ccc(-n2cnnn2)cc1)NCC1CCCC(O)C1. The monoisotopic (exact) mass is 315 g/mol. The van der Waals surface area contributed by atoms with E-state index in [1.54, 1.807) is 4.68 Å². The Balaban J connectivity index is 1.48. The molecule has 1 aromatic heterocycles. The van der Waals surface area contributed by atoms with Crippen molar-refractivity contribution in [3.05, 3.63) is 36.2 Å². The Labute approximate surface area is 134 Å². The van der Waals surface area contributed by atoms with Crippen molar-refractivity contribution in [2.24, 2.45) is 5.92 Å². The van der Waals surface area contributed by atoms with E-state index in [4.69, 9.17) is 0 Å². The van der Waals surface area contributed by atoms with E-state index in [0.29, 0.717) is 18.9 Å². The molecule has 1 aliphatic carbocycles. The third-order valence-electron chi connectivity index (χ3n) is 4.26. The molecule has 0 spiro atoms. The Bertz CT molecular complexity index is 626. The number of nitrogens with one attached hydrogen (secondary N) is 1. The molecule has 0 aliphatic heterocycles. The average molecular weight is 315 g/mol. The topological polar surface area (TPSA) is 92.9 Å². The van der Waals surface area contributed by atoms with Crippen LogP contribution in [0.15, 0.2) is 30.6 Å². The van der Waals surface area contributed by atoms with Crippen LogP contribution in [0, 0.1) is 5.92 Å². The van der Waals surface area contributed by atoms with Crippen LogP contribution in [0.25, 0.3) is 5.69 Å². The molecule has 0 bridgehead atoms. The van der Waals surface area contributed by atoms with Crippen LogP contribution in [0.5, 0.6) is 0 Å². The van der Waals surface area contributed by atoms with Gasteiger partial charge in [-0.3, -0.25) is 4.79 Å². The lowest BCUT2D eigenvalue weighted by atomic mass is 9.87. The quantitative estimate of drug-likeness (QED) is 0.854. The number of hydrogen-bond donors (Lipinski definition) is 2. The van der Waals surface area contributed by atoms with Crippen LogP contribution < -0.4 is 5.32 Å². The summed E-state index contributed by atoms with van der Waals surface area (Å²) in [6.45, 7) is 0.651. The van der Waals surface area contributed by atoms with Crippen molar-refractivity contribution in [3.63, 3.8) is 0 Å². The molecule has 7 nitrogen and oxygen atoms in total. The zero-order valence-electron chi connectivity index (χ0n) is 12.9. The third-order valence-corrected chi connectivity index (χ3v) is 4.26. The van der Waals surface area contributed by atoms with E-state index < -0.39 is 0 Å². The first-order chi connectivity index (χ1) is 11.2. The molecule has 2 N–H and O–H groups in total. The zero-order chi connectivity index (χ0) is 16.1. The predicted molar refractivity (Wildman–Crippen MR) is 83.8 cm³/mol. The summed E-state index contributed by atoms with van der Waals surface area (Å²) in [5.74, 6) is 0.408. The Morgan fingerprint density at radius 2 is 2.13 bits per heavy atom. The molecule has 0 radical (unpaired) electrons. The fraction of sp³-hybridized carbons (Fsp3) is 0.500. The molecule has 1 saturated carbocycles. The van der Waals surface area contributed by atoms with Crippen LogP contribution in [-0.4, -0.2) is 43.9 Å². The molecule has 122 valence electrons. The smallest absolute Gasteiger partial charge is 0.224 e. The first-order valence-corrected chi connectivity index (χ1v) is 7.98. The largest absolute Gasteiger partial charge is 0.393 e. The fourth-order valence-electron chi connectivity index (χ4n) is 3.00. The molecular weight excluding hydrogens is 294 g/mol. The zero-order valence-corrected chi connectivity index (χ0v) is 12.9. The number of aliphatic hydroxyl groups is 1. The van der Waals surface area contributed by atoms with Gasteiger partial charge in [0.05, 0.1) is 18.2 Å². The number of aliphatic hydroxyl groups excluding tert-OH is 1. The number of hydrogen-bond acceptors (Lipinski definition) is 5. The van der Waals surface area contributed by atoms with E-state index in [1.807, 2.05) is 24.3 Å². The number of carbonyl (C=O) groups is 1. The number of nitrogens with zero attached hydrogens (tertiary/aromatic N) is 4. The van der Waals surface area contributed by atoms with Gasteiger partial charge in [-0.1, -0.05) is 18.6 Å². The summed E-state index contributed by atoms with van der Waals surface area (Å²) < 4.78 is 1.57. The molecule has 1 aromatic carbocycles. The van der Waals surface area contributed by atoms with Gasteiger partial charge in [0, 0.05) is 6.54 Å². The Hall–Kier alpha value is -2.28. The van der Waals surface area contributed by atoms with Crippen LogP contribution in [-0.2, 0) is 11.2 Å². The van der Waals surface area contributed by atoms with Gasteiger partial charge >= 0.3 is 0 Å². The van der Waals surface area contributed by atoms with E-state index in [9.17, 15) is 9.90 Å². The summed E-state index contributed by atoms with van der Waals surface area (Å²) in [6.07, 6.45) is 5.48. The van der Waals surface area contributed by atoms with Crippen LogP contribution in [0.3, 0.4) is 0 Å². The van der Waals surface area contributed by atoms with Gasteiger partial charge in [0.15, 0.2) is 0 Å². The molecule has 3 rings (SSSR count). The minimum absolute atomic E-state index is 0.0141. The Morgan fingerprint density at radius 3 is 2.83 bits per heavy atom. The second-order valence-electron chi connectivity index (χ2n) is 6.09. The highest BCUT2D eigenvalue weighted by molar-refractivity contribution is 5.78. The summed E-state index contributed by atoms with van der Waals surface area (Å²) in [5.41, 5.74) is 1.80. The number of rotatable bonds is 5. The van der Waals surface area contributed by atoms with Gasteiger partial charge in [-0.05, 0) is 53.3 Å². The summed E-state index contributed by atoms with van der Waals surface area (Å²) in [7, 11) is 0. The fourth-order valence-corrected chi connectivity index (χ4v) is 3.00. The molecule has 2 aromatic rings. The standard InChI is InChI=1S/C16H21N5O2/c22-15-3-1-2-13(8-15)10-17-16(23)9-12-4-6-14(7-5-12)21-11-18-19-20-21/h4-7,11,13,15,22H,1-3,8-10H2,(H,17,23). The van der Waals surface area contributed by atoms with Gasteiger partial charge in [-0.2, -0.15) is 0 Å². The number of benzene rings is 1. The van der Waals surface area contributed by atoms with Crippen molar-refractivity contribution in [2.45, 2.75) is 38.2 Å². The van der Waals surface area contributed by atoms with Crippen LogP contribution in [0.2, 0.25) is 0 Å². The third kappa shape index (κ3) is 4.35. The number of tetrazole rings is 1. The minimum Gasteiger partial charge on any atom is -0.393 e. The van der Waals surface area contributed by atoms with Gasteiger partial charge < -0.3 is 10.4 Å². The van der Waals surface area contributed by atoms with Crippen molar-refractivity contribution in [2.75, 3.05) is 6.54 Å². The van der Waals surface area contributed by atoms with Gasteiger partial charge in [0.2, 0.25) is 5.91 Å². The maximum atomic E-state index is 12.0. The Morgan fingerprint density at radius 1 is 1.30 bits per heavy atom.